The molecule has 1 aromatic rings. The Morgan fingerprint density at radius 1 is 1.27 bits per heavy atom. The molecule has 0 heterocycles. The highest BCUT2D eigenvalue weighted by Gasteiger charge is 2.10. The number of hydrogen-bond donors (Lipinski definition) is 2. The summed E-state index contributed by atoms with van der Waals surface area (Å²) in [5, 5.41) is 18.1. The van der Waals surface area contributed by atoms with Gasteiger partial charge in [0.25, 0.3) is 0 Å². The van der Waals surface area contributed by atoms with Gasteiger partial charge in [-0.05, 0) is 31.2 Å². The lowest BCUT2D eigenvalue weighted by Crippen LogP contribution is -2.14. The maximum Gasteiger partial charge on any atom is 0.335 e. The molecule has 0 saturated carbocycles. The highest BCUT2D eigenvalue weighted by Crippen LogP contribution is 2.25. The van der Waals surface area contributed by atoms with Gasteiger partial charge in [0.1, 0.15) is 0 Å². The molecule has 0 bridgehead atoms. The van der Waals surface area contributed by atoms with E-state index >= 15 is 0 Å². The van der Waals surface area contributed by atoms with Crippen molar-refractivity contribution in [3.05, 3.63) is 29.8 Å². The van der Waals surface area contributed by atoms with Crippen LogP contribution in [-0.4, -0.2) is 27.5 Å². The van der Waals surface area contributed by atoms with Gasteiger partial charge < -0.3 is 10.2 Å². The summed E-state index contributed by atoms with van der Waals surface area (Å²) >= 11 is 1.53. The molecule has 1 rings (SSSR count). The third-order valence-corrected chi connectivity index (χ3v) is 3.41. The molecule has 4 heteroatoms. The largest absolute Gasteiger partial charge is 0.478 e. The molecule has 2 unspecified atom stereocenters. The van der Waals surface area contributed by atoms with Gasteiger partial charge in [-0.1, -0.05) is 6.92 Å². The molecule has 15 heavy (non-hydrogen) atoms. The van der Waals surface area contributed by atoms with Crippen LogP contribution < -0.4 is 0 Å². The summed E-state index contributed by atoms with van der Waals surface area (Å²) in [7, 11) is 0. The van der Waals surface area contributed by atoms with Gasteiger partial charge in [-0.3, -0.25) is 0 Å². The van der Waals surface area contributed by atoms with Gasteiger partial charge in [-0.25, -0.2) is 4.79 Å². The van der Waals surface area contributed by atoms with Crippen molar-refractivity contribution in [1.29, 1.82) is 0 Å². The predicted octanol–water partition coefficient (Wildman–Crippen LogP) is 2.25. The molecule has 2 atom stereocenters. The Labute approximate surface area is 93.1 Å². The van der Waals surface area contributed by atoms with Crippen LogP contribution in [0.4, 0.5) is 0 Å². The number of carboxylic acid groups (broad SMARTS) is 1. The molecule has 0 fully saturated rings. The van der Waals surface area contributed by atoms with E-state index in [1.807, 2.05) is 6.92 Å². The predicted molar refractivity (Wildman–Crippen MR) is 60.4 cm³/mol. The van der Waals surface area contributed by atoms with Crippen molar-refractivity contribution in [2.75, 3.05) is 0 Å². The summed E-state index contributed by atoms with van der Waals surface area (Å²) in [6, 6.07) is 6.65. The number of aromatic carboxylic acids is 1. The minimum Gasteiger partial charge on any atom is -0.478 e. The van der Waals surface area contributed by atoms with E-state index < -0.39 is 5.97 Å². The van der Waals surface area contributed by atoms with Gasteiger partial charge >= 0.3 is 5.97 Å². The van der Waals surface area contributed by atoms with E-state index in [9.17, 15) is 9.90 Å². The van der Waals surface area contributed by atoms with Crippen LogP contribution in [0.1, 0.15) is 24.2 Å². The van der Waals surface area contributed by atoms with Gasteiger partial charge in [0, 0.05) is 10.1 Å². The maximum atomic E-state index is 10.6. The van der Waals surface area contributed by atoms with Crippen molar-refractivity contribution in [2.24, 2.45) is 0 Å². The first kappa shape index (κ1) is 12.1. The lowest BCUT2D eigenvalue weighted by Gasteiger charge is -2.13. The molecule has 0 aliphatic rings. The SMILES string of the molecule is CC(O)C(C)Sc1ccc(C(=O)O)cc1. The topological polar surface area (TPSA) is 57.5 Å². The third-order valence-electron chi connectivity index (χ3n) is 2.10. The van der Waals surface area contributed by atoms with Gasteiger partial charge in [-0.15, -0.1) is 11.8 Å². The van der Waals surface area contributed by atoms with Crippen LogP contribution in [0.25, 0.3) is 0 Å². The highest BCUT2D eigenvalue weighted by atomic mass is 32.2. The zero-order valence-corrected chi connectivity index (χ0v) is 9.49. The molecule has 3 nitrogen and oxygen atoms in total. The Bertz CT molecular complexity index is 332. The third kappa shape index (κ3) is 3.57. The lowest BCUT2D eigenvalue weighted by atomic mass is 10.2. The van der Waals surface area contributed by atoms with E-state index in [0.717, 1.165) is 4.90 Å². The first-order valence-electron chi connectivity index (χ1n) is 4.69. The van der Waals surface area contributed by atoms with E-state index in [0.29, 0.717) is 0 Å². The summed E-state index contributed by atoms with van der Waals surface area (Å²) in [4.78, 5) is 11.6. The molecular formula is C11H14O3S. The van der Waals surface area contributed by atoms with Gasteiger partial charge in [0.2, 0.25) is 0 Å². The number of rotatable bonds is 4. The van der Waals surface area contributed by atoms with E-state index in [1.165, 1.54) is 11.8 Å². The number of benzene rings is 1. The molecule has 82 valence electrons. The number of thioether (sulfide) groups is 1. The molecule has 0 aliphatic heterocycles. The molecule has 0 saturated heterocycles. The van der Waals surface area contributed by atoms with E-state index in [2.05, 4.69) is 0 Å². The monoisotopic (exact) mass is 226 g/mol. The average molecular weight is 226 g/mol. The minimum absolute atomic E-state index is 0.0979. The lowest BCUT2D eigenvalue weighted by molar-refractivity contribution is 0.0697. The van der Waals surface area contributed by atoms with Gasteiger partial charge in [0.05, 0.1) is 11.7 Å². The average Bonchev–Trinajstić information content (AvgIpc) is 2.18. The van der Waals surface area contributed by atoms with Gasteiger partial charge in [-0.2, -0.15) is 0 Å². The Morgan fingerprint density at radius 3 is 2.20 bits per heavy atom. The smallest absolute Gasteiger partial charge is 0.335 e. The Morgan fingerprint density at radius 2 is 1.80 bits per heavy atom. The number of carbonyl (C=O) groups is 1. The number of aliphatic hydroxyl groups excluding tert-OH is 1. The molecule has 1 aromatic carbocycles. The minimum atomic E-state index is -0.921. The summed E-state index contributed by atoms with van der Waals surface area (Å²) in [6.45, 7) is 3.67. The molecule has 0 amide bonds. The Hall–Kier alpha value is -1.00. The second kappa shape index (κ2) is 5.19. The summed E-state index contributed by atoms with van der Waals surface area (Å²) < 4.78 is 0. The normalized spacial score (nSPS) is 14.6. The van der Waals surface area contributed by atoms with Crippen LogP contribution in [0.3, 0.4) is 0 Å². The van der Waals surface area contributed by atoms with Crippen LogP contribution in [0.2, 0.25) is 0 Å². The van der Waals surface area contributed by atoms with E-state index in [1.54, 1.807) is 31.2 Å². The van der Waals surface area contributed by atoms with Crippen molar-refractivity contribution >= 4 is 17.7 Å². The maximum absolute atomic E-state index is 10.6. The zero-order chi connectivity index (χ0) is 11.4. The first-order valence-corrected chi connectivity index (χ1v) is 5.56. The second-order valence-corrected chi connectivity index (χ2v) is 4.84. The Kier molecular flexibility index (Phi) is 4.17. The number of carboxylic acids is 1. The van der Waals surface area contributed by atoms with Crippen LogP contribution in [0, 0.1) is 0 Å². The summed E-state index contributed by atoms with van der Waals surface area (Å²) in [6.07, 6.45) is -0.380. The number of hydrogen-bond acceptors (Lipinski definition) is 3. The van der Waals surface area contributed by atoms with Gasteiger partial charge in [0.15, 0.2) is 0 Å². The van der Waals surface area contributed by atoms with Crippen LogP contribution in [0.15, 0.2) is 29.2 Å². The second-order valence-electron chi connectivity index (χ2n) is 3.39. The molecule has 0 radical (unpaired) electrons. The van der Waals surface area contributed by atoms with Crippen molar-refractivity contribution in [3.8, 4) is 0 Å². The molecule has 0 aromatic heterocycles. The van der Waals surface area contributed by atoms with Crippen LogP contribution >= 0.6 is 11.8 Å². The Balaban J connectivity index is 2.68. The van der Waals surface area contributed by atoms with Crippen molar-refractivity contribution in [1.82, 2.24) is 0 Å². The summed E-state index contributed by atoms with van der Waals surface area (Å²) in [5.74, 6) is -0.921. The summed E-state index contributed by atoms with van der Waals surface area (Å²) in [5.41, 5.74) is 0.282. The van der Waals surface area contributed by atoms with Crippen molar-refractivity contribution in [2.45, 2.75) is 30.1 Å². The van der Waals surface area contributed by atoms with E-state index in [-0.39, 0.29) is 16.9 Å². The fourth-order valence-electron chi connectivity index (χ4n) is 0.989. The highest BCUT2D eigenvalue weighted by molar-refractivity contribution is 8.00. The zero-order valence-electron chi connectivity index (χ0n) is 8.68. The van der Waals surface area contributed by atoms with Crippen LogP contribution in [0.5, 0.6) is 0 Å². The standard InChI is InChI=1S/C11H14O3S/c1-7(12)8(2)15-10-5-3-9(4-6-10)11(13)14/h3-8,12H,1-2H3,(H,13,14). The molecular weight excluding hydrogens is 212 g/mol. The fourth-order valence-corrected chi connectivity index (χ4v) is 1.91. The van der Waals surface area contributed by atoms with E-state index in [4.69, 9.17) is 5.11 Å². The first-order chi connectivity index (χ1) is 7.00. The number of aliphatic hydroxyl groups is 1. The molecule has 2 N–H and O–H groups in total. The molecule has 0 spiro atoms. The van der Waals surface area contributed by atoms with Crippen molar-refractivity contribution in [3.63, 3.8) is 0 Å². The quantitative estimate of drug-likeness (QED) is 0.773. The van der Waals surface area contributed by atoms with Crippen molar-refractivity contribution < 1.29 is 15.0 Å². The fraction of sp³-hybridized carbons (Fsp3) is 0.364. The molecule has 0 aliphatic carbocycles. The van der Waals surface area contributed by atoms with Crippen LogP contribution in [-0.2, 0) is 0 Å².